The third kappa shape index (κ3) is 4.39. The molecule has 0 atom stereocenters. The number of nitrogens with zero attached hydrogens (tertiary/aromatic N) is 2. The van der Waals surface area contributed by atoms with Gasteiger partial charge in [0.15, 0.2) is 0 Å². The lowest BCUT2D eigenvalue weighted by atomic mass is 10.3. The van der Waals surface area contributed by atoms with E-state index in [0.29, 0.717) is 18.8 Å². The summed E-state index contributed by atoms with van der Waals surface area (Å²) in [4.78, 5) is 14.2. The van der Waals surface area contributed by atoms with Gasteiger partial charge in [0.2, 0.25) is 5.91 Å². The summed E-state index contributed by atoms with van der Waals surface area (Å²) >= 11 is 0. The summed E-state index contributed by atoms with van der Waals surface area (Å²) in [6.45, 7) is 0.844. The van der Waals surface area contributed by atoms with Crippen LogP contribution in [0.2, 0.25) is 0 Å². The van der Waals surface area contributed by atoms with Crippen LogP contribution in [0.5, 0.6) is 0 Å². The van der Waals surface area contributed by atoms with Crippen molar-refractivity contribution in [1.82, 2.24) is 4.98 Å². The molecular formula is C10H12N4O2. The molecule has 0 fully saturated rings. The second-order valence-electron chi connectivity index (χ2n) is 2.99. The lowest BCUT2D eigenvalue weighted by Crippen LogP contribution is -2.20. The van der Waals surface area contributed by atoms with Crippen molar-refractivity contribution in [3.8, 4) is 6.07 Å². The Balaban J connectivity index is 2.22. The average molecular weight is 220 g/mol. The number of anilines is 1. The molecule has 0 aliphatic carbocycles. The smallest absolute Gasteiger partial charge is 0.243 e. The molecule has 1 aromatic heterocycles. The van der Waals surface area contributed by atoms with E-state index in [0.717, 1.165) is 5.69 Å². The molecule has 0 unspecified atom stereocenters. The Morgan fingerprint density at radius 2 is 2.44 bits per heavy atom. The molecule has 1 rings (SSSR count). The number of primary amides is 1. The number of carbonyl (C=O) groups is 1. The van der Waals surface area contributed by atoms with Crippen molar-refractivity contribution in [2.75, 3.05) is 25.1 Å². The Morgan fingerprint density at radius 1 is 1.62 bits per heavy atom. The number of nitrogens with one attached hydrogen (secondary N) is 1. The zero-order chi connectivity index (χ0) is 11.8. The normalized spacial score (nSPS) is 9.44. The molecule has 6 nitrogen and oxygen atoms in total. The van der Waals surface area contributed by atoms with Gasteiger partial charge < -0.3 is 15.8 Å². The van der Waals surface area contributed by atoms with Gasteiger partial charge in [-0.25, -0.2) is 4.98 Å². The van der Waals surface area contributed by atoms with E-state index in [1.807, 2.05) is 6.07 Å². The Labute approximate surface area is 93.0 Å². The lowest BCUT2D eigenvalue weighted by Gasteiger charge is -2.05. The van der Waals surface area contributed by atoms with Crippen molar-refractivity contribution < 1.29 is 9.53 Å². The van der Waals surface area contributed by atoms with Crippen LogP contribution in [0, 0.1) is 11.3 Å². The first-order valence-corrected chi connectivity index (χ1v) is 4.68. The second kappa shape index (κ2) is 6.37. The minimum Gasteiger partial charge on any atom is -0.381 e. The van der Waals surface area contributed by atoms with E-state index in [4.69, 9.17) is 15.7 Å². The molecule has 0 aliphatic heterocycles. The van der Waals surface area contributed by atoms with Crippen molar-refractivity contribution in [2.24, 2.45) is 5.73 Å². The molecule has 0 aliphatic rings. The van der Waals surface area contributed by atoms with Gasteiger partial charge in [-0.05, 0) is 12.1 Å². The predicted molar refractivity (Wildman–Crippen MR) is 57.5 cm³/mol. The van der Waals surface area contributed by atoms with Gasteiger partial charge >= 0.3 is 0 Å². The number of amides is 1. The monoisotopic (exact) mass is 220 g/mol. The number of ether oxygens (including phenoxy) is 1. The summed E-state index contributed by atoms with van der Waals surface area (Å²) in [5.74, 6) is -0.486. The maximum atomic E-state index is 10.3. The fourth-order valence-corrected chi connectivity index (χ4v) is 1.00. The molecule has 1 heterocycles. The van der Waals surface area contributed by atoms with Crippen LogP contribution in [0.1, 0.15) is 5.69 Å². The van der Waals surface area contributed by atoms with Crippen LogP contribution < -0.4 is 11.1 Å². The highest BCUT2D eigenvalue weighted by Gasteiger charge is 1.95. The van der Waals surface area contributed by atoms with E-state index in [1.54, 1.807) is 18.3 Å². The molecule has 0 bridgehead atoms. The number of nitrogens with two attached hydrogens (primary N) is 1. The van der Waals surface area contributed by atoms with E-state index < -0.39 is 5.91 Å². The maximum absolute atomic E-state index is 10.3. The van der Waals surface area contributed by atoms with Crippen LogP contribution in [0.15, 0.2) is 18.3 Å². The summed E-state index contributed by atoms with van der Waals surface area (Å²) in [5.41, 5.74) is 6.06. The van der Waals surface area contributed by atoms with E-state index in [9.17, 15) is 4.79 Å². The quantitative estimate of drug-likeness (QED) is 0.650. The van der Waals surface area contributed by atoms with Crippen molar-refractivity contribution in [2.45, 2.75) is 0 Å². The van der Waals surface area contributed by atoms with Gasteiger partial charge in [-0.1, -0.05) is 0 Å². The summed E-state index contributed by atoms with van der Waals surface area (Å²) in [7, 11) is 0. The van der Waals surface area contributed by atoms with Crippen molar-refractivity contribution in [1.29, 1.82) is 5.26 Å². The van der Waals surface area contributed by atoms with Crippen LogP contribution in [0.4, 0.5) is 5.69 Å². The Hall–Kier alpha value is -2.13. The van der Waals surface area contributed by atoms with Crippen LogP contribution in [-0.2, 0) is 9.53 Å². The standard InChI is InChI=1S/C10H12N4O2/c11-5-8-1-2-9(6-14-8)13-3-4-16-7-10(12)15/h1-2,6,13H,3-4,7H2,(H2,12,15). The van der Waals surface area contributed by atoms with Crippen molar-refractivity contribution >= 4 is 11.6 Å². The second-order valence-corrected chi connectivity index (χ2v) is 2.99. The summed E-state index contributed by atoms with van der Waals surface area (Å²) in [6, 6.07) is 5.30. The first-order valence-electron chi connectivity index (χ1n) is 4.68. The lowest BCUT2D eigenvalue weighted by molar-refractivity contribution is -0.122. The summed E-state index contributed by atoms with van der Waals surface area (Å²) in [6.07, 6.45) is 1.56. The van der Waals surface area contributed by atoms with Gasteiger partial charge in [-0.15, -0.1) is 0 Å². The predicted octanol–water partition coefficient (Wildman–Crippen LogP) is -0.133. The molecule has 0 saturated heterocycles. The zero-order valence-corrected chi connectivity index (χ0v) is 8.64. The zero-order valence-electron chi connectivity index (χ0n) is 8.64. The molecular weight excluding hydrogens is 208 g/mol. The molecule has 3 N–H and O–H groups in total. The number of rotatable bonds is 6. The SMILES string of the molecule is N#Cc1ccc(NCCOCC(N)=O)cn1. The van der Waals surface area contributed by atoms with Gasteiger partial charge in [-0.2, -0.15) is 5.26 Å². The highest BCUT2D eigenvalue weighted by atomic mass is 16.5. The van der Waals surface area contributed by atoms with Crippen molar-refractivity contribution in [3.05, 3.63) is 24.0 Å². The number of nitriles is 1. The first-order chi connectivity index (χ1) is 7.72. The summed E-state index contributed by atoms with van der Waals surface area (Å²) < 4.78 is 4.95. The van der Waals surface area contributed by atoms with Gasteiger partial charge in [0.1, 0.15) is 18.4 Å². The van der Waals surface area contributed by atoms with E-state index in [-0.39, 0.29) is 6.61 Å². The van der Waals surface area contributed by atoms with Gasteiger partial charge in [0.05, 0.1) is 18.5 Å². The maximum Gasteiger partial charge on any atom is 0.243 e. The van der Waals surface area contributed by atoms with E-state index in [2.05, 4.69) is 10.3 Å². The number of carbonyl (C=O) groups excluding carboxylic acids is 1. The van der Waals surface area contributed by atoms with Gasteiger partial charge in [-0.3, -0.25) is 4.79 Å². The van der Waals surface area contributed by atoms with Crippen molar-refractivity contribution in [3.63, 3.8) is 0 Å². The molecule has 1 amide bonds. The largest absolute Gasteiger partial charge is 0.381 e. The Bertz CT molecular complexity index is 383. The minimum absolute atomic E-state index is 0.0761. The first kappa shape index (κ1) is 11.9. The van der Waals surface area contributed by atoms with E-state index in [1.165, 1.54) is 0 Å². The molecule has 6 heteroatoms. The minimum atomic E-state index is -0.486. The fourth-order valence-electron chi connectivity index (χ4n) is 1.00. The van der Waals surface area contributed by atoms with E-state index >= 15 is 0 Å². The Kier molecular flexibility index (Phi) is 4.76. The molecule has 84 valence electrons. The molecule has 0 radical (unpaired) electrons. The third-order valence-electron chi connectivity index (χ3n) is 1.70. The molecule has 0 saturated carbocycles. The Morgan fingerprint density at radius 3 is 3.00 bits per heavy atom. The molecule has 1 aromatic rings. The third-order valence-corrected chi connectivity index (χ3v) is 1.70. The van der Waals surface area contributed by atoms with Crippen LogP contribution >= 0.6 is 0 Å². The topological polar surface area (TPSA) is 101 Å². The number of hydrogen-bond acceptors (Lipinski definition) is 5. The number of pyridine rings is 1. The highest BCUT2D eigenvalue weighted by molar-refractivity contribution is 5.74. The summed E-state index contributed by atoms with van der Waals surface area (Å²) in [5, 5.41) is 11.6. The number of aromatic nitrogens is 1. The average Bonchev–Trinajstić information content (AvgIpc) is 2.29. The van der Waals surface area contributed by atoms with Gasteiger partial charge in [0, 0.05) is 6.54 Å². The molecule has 0 spiro atoms. The van der Waals surface area contributed by atoms with Gasteiger partial charge in [0.25, 0.3) is 0 Å². The van der Waals surface area contributed by atoms with Crippen LogP contribution in [0.25, 0.3) is 0 Å². The molecule has 16 heavy (non-hydrogen) atoms. The highest BCUT2D eigenvalue weighted by Crippen LogP contribution is 2.04. The fraction of sp³-hybridized carbons (Fsp3) is 0.300. The number of hydrogen-bond donors (Lipinski definition) is 2. The van der Waals surface area contributed by atoms with Crippen LogP contribution in [-0.4, -0.2) is 30.6 Å². The molecule has 0 aromatic carbocycles. The van der Waals surface area contributed by atoms with Crippen LogP contribution in [0.3, 0.4) is 0 Å².